The smallest absolute Gasteiger partial charge is 0.224 e. The molecular weight excluding hydrogens is 230 g/mol. The maximum absolute atomic E-state index is 12.1. The van der Waals surface area contributed by atoms with Gasteiger partial charge in [-0.05, 0) is 32.1 Å². The van der Waals surface area contributed by atoms with Gasteiger partial charge in [-0.3, -0.25) is 9.59 Å². The molecule has 0 aromatic carbocycles. The van der Waals surface area contributed by atoms with Gasteiger partial charge in [0.25, 0.3) is 0 Å². The van der Waals surface area contributed by atoms with E-state index in [9.17, 15) is 9.59 Å². The Kier molecular flexibility index (Phi) is 3.90. The van der Waals surface area contributed by atoms with Gasteiger partial charge < -0.3 is 16.0 Å². The highest BCUT2D eigenvalue weighted by atomic mass is 16.2. The SMILES string of the molecule is CC(=O)NC1CCN(C(=O)CC2(N)CCC2)CC1. The molecular formula is C13H23N3O2. The minimum atomic E-state index is -0.231. The lowest BCUT2D eigenvalue weighted by Crippen LogP contribution is -2.52. The fraction of sp³-hybridized carbons (Fsp3) is 0.846. The van der Waals surface area contributed by atoms with Gasteiger partial charge in [0.05, 0.1) is 0 Å². The van der Waals surface area contributed by atoms with Crippen molar-refractivity contribution in [2.24, 2.45) is 5.73 Å². The monoisotopic (exact) mass is 253 g/mol. The summed E-state index contributed by atoms with van der Waals surface area (Å²) in [6.45, 7) is 3.01. The van der Waals surface area contributed by atoms with E-state index in [1.165, 1.54) is 6.92 Å². The number of carbonyl (C=O) groups is 2. The van der Waals surface area contributed by atoms with Gasteiger partial charge in [0.15, 0.2) is 0 Å². The number of nitrogens with zero attached hydrogens (tertiary/aromatic N) is 1. The summed E-state index contributed by atoms with van der Waals surface area (Å²) in [6.07, 6.45) is 5.28. The van der Waals surface area contributed by atoms with Crippen molar-refractivity contribution in [2.45, 2.75) is 57.0 Å². The second kappa shape index (κ2) is 5.26. The molecule has 2 aliphatic rings. The third kappa shape index (κ3) is 3.22. The number of piperidine rings is 1. The number of likely N-dealkylation sites (tertiary alicyclic amines) is 1. The standard InChI is InChI=1S/C13H23N3O2/c1-10(17)15-11-3-7-16(8-4-11)12(18)9-13(14)5-2-6-13/h11H,2-9,14H2,1H3,(H,15,17). The van der Waals surface area contributed by atoms with Gasteiger partial charge >= 0.3 is 0 Å². The van der Waals surface area contributed by atoms with Gasteiger partial charge in [0.1, 0.15) is 0 Å². The van der Waals surface area contributed by atoms with Crippen LogP contribution in [0.15, 0.2) is 0 Å². The first kappa shape index (κ1) is 13.3. The third-order valence-corrected chi connectivity index (χ3v) is 4.11. The summed E-state index contributed by atoms with van der Waals surface area (Å²) in [5.41, 5.74) is 5.87. The average Bonchev–Trinajstić information content (AvgIpc) is 2.27. The number of amides is 2. The van der Waals surface area contributed by atoms with E-state index in [2.05, 4.69) is 5.32 Å². The predicted octanol–water partition coefficient (Wildman–Crippen LogP) is 0.385. The van der Waals surface area contributed by atoms with Crippen LogP contribution in [0.1, 0.15) is 45.4 Å². The van der Waals surface area contributed by atoms with Crippen LogP contribution in [-0.4, -0.2) is 41.4 Å². The highest BCUT2D eigenvalue weighted by molar-refractivity contribution is 5.78. The Morgan fingerprint density at radius 3 is 2.39 bits per heavy atom. The first-order chi connectivity index (χ1) is 8.48. The minimum Gasteiger partial charge on any atom is -0.353 e. The summed E-state index contributed by atoms with van der Waals surface area (Å²) < 4.78 is 0. The summed E-state index contributed by atoms with van der Waals surface area (Å²) >= 11 is 0. The molecule has 1 saturated carbocycles. The number of nitrogens with two attached hydrogens (primary N) is 1. The van der Waals surface area contributed by atoms with Gasteiger partial charge in [-0.1, -0.05) is 0 Å². The van der Waals surface area contributed by atoms with Crippen molar-refractivity contribution in [3.8, 4) is 0 Å². The Bertz CT molecular complexity index is 331. The van der Waals surface area contributed by atoms with E-state index in [1.807, 2.05) is 4.90 Å². The van der Waals surface area contributed by atoms with Crippen molar-refractivity contribution in [3.05, 3.63) is 0 Å². The maximum atomic E-state index is 12.1. The molecule has 0 unspecified atom stereocenters. The van der Waals surface area contributed by atoms with Crippen LogP contribution < -0.4 is 11.1 Å². The van der Waals surface area contributed by atoms with Gasteiger partial charge in [-0.2, -0.15) is 0 Å². The molecule has 0 radical (unpaired) electrons. The van der Waals surface area contributed by atoms with Crippen molar-refractivity contribution < 1.29 is 9.59 Å². The van der Waals surface area contributed by atoms with Crippen LogP contribution in [0.2, 0.25) is 0 Å². The van der Waals surface area contributed by atoms with Crippen LogP contribution >= 0.6 is 0 Å². The average molecular weight is 253 g/mol. The van der Waals surface area contributed by atoms with E-state index in [4.69, 9.17) is 5.73 Å². The Morgan fingerprint density at radius 2 is 1.94 bits per heavy atom. The number of hydrogen-bond donors (Lipinski definition) is 2. The molecule has 1 aliphatic carbocycles. The Labute approximate surface area is 108 Å². The van der Waals surface area contributed by atoms with Crippen LogP contribution in [0.3, 0.4) is 0 Å². The van der Waals surface area contributed by atoms with Crippen LogP contribution in [0.5, 0.6) is 0 Å². The Balaban J connectivity index is 1.75. The number of rotatable bonds is 3. The zero-order valence-corrected chi connectivity index (χ0v) is 11.1. The second-order valence-electron chi connectivity index (χ2n) is 5.75. The van der Waals surface area contributed by atoms with Crippen molar-refractivity contribution in [1.29, 1.82) is 0 Å². The molecule has 0 aromatic rings. The fourth-order valence-electron chi connectivity index (χ4n) is 2.78. The molecule has 18 heavy (non-hydrogen) atoms. The third-order valence-electron chi connectivity index (χ3n) is 4.11. The van der Waals surface area contributed by atoms with Crippen molar-refractivity contribution in [1.82, 2.24) is 10.2 Å². The van der Waals surface area contributed by atoms with E-state index in [1.54, 1.807) is 0 Å². The number of hydrogen-bond acceptors (Lipinski definition) is 3. The fourth-order valence-corrected chi connectivity index (χ4v) is 2.78. The lowest BCUT2D eigenvalue weighted by molar-refractivity contribution is -0.134. The molecule has 1 heterocycles. The van der Waals surface area contributed by atoms with Crippen LogP contribution in [0.25, 0.3) is 0 Å². The van der Waals surface area contributed by atoms with Gasteiger partial charge in [-0.25, -0.2) is 0 Å². The molecule has 3 N–H and O–H groups in total. The molecule has 2 fully saturated rings. The van der Waals surface area contributed by atoms with E-state index in [0.717, 1.165) is 45.2 Å². The molecule has 5 heteroatoms. The van der Waals surface area contributed by atoms with Crippen LogP contribution in [0, 0.1) is 0 Å². The van der Waals surface area contributed by atoms with Crippen LogP contribution in [0.4, 0.5) is 0 Å². The lowest BCUT2D eigenvalue weighted by atomic mass is 9.75. The van der Waals surface area contributed by atoms with Gasteiger partial charge in [0, 0.05) is 38.0 Å². The summed E-state index contributed by atoms with van der Waals surface area (Å²) in [5, 5.41) is 2.91. The highest BCUT2D eigenvalue weighted by Crippen LogP contribution is 2.32. The number of carbonyl (C=O) groups excluding carboxylic acids is 2. The van der Waals surface area contributed by atoms with E-state index in [0.29, 0.717) is 6.42 Å². The van der Waals surface area contributed by atoms with E-state index in [-0.39, 0.29) is 23.4 Å². The topological polar surface area (TPSA) is 75.4 Å². The van der Waals surface area contributed by atoms with Crippen molar-refractivity contribution >= 4 is 11.8 Å². The normalized spacial score (nSPS) is 23.3. The Morgan fingerprint density at radius 1 is 1.33 bits per heavy atom. The number of nitrogens with one attached hydrogen (secondary N) is 1. The summed E-state index contributed by atoms with van der Waals surface area (Å²) in [6, 6.07) is 0.224. The van der Waals surface area contributed by atoms with Crippen LogP contribution in [-0.2, 0) is 9.59 Å². The largest absolute Gasteiger partial charge is 0.353 e. The molecule has 102 valence electrons. The summed E-state index contributed by atoms with van der Waals surface area (Å²) in [5.74, 6) is 0.189. The molecule has 5 nitrogen and oxygen atoms in total. The van der Waals surface area contributed by atoms with E-state index < -0.39 is 0 Å². The highest BCUT2D eigenvalue weighted by Gasteiger charge is 2.36. The Hall–Kier alpha value is -1.10. The van der Waals surface area contributed by atoms with Gasteiger partial charge in [-0.15, -0.1) is 0 Å². The van der Waals surface area contributed by atoms with Crippen molar-refractivity contribution in [2.75, 3.05) is 13.1 Å². The van der Waals surface area contributed by atoms with Gasteiger partial charge in [0.2, 0.25) is 11.8 Å². The quantitative estimate of drug-likeness (QED) is 0.763. The second-order valence-corrected chi connectivity index (χ2v) is 5.75. The van der Waals surface area contributed by atoms with E-state index >= 15 is 0 Å². The molecule has 0 atom stereocenters. The first-order valence-corrected chi connectivity index (χ1v) is 6.82. The first-order valence-electron chi connectivity index (χ1n) is 6.82. The molecule has 0 aromatic heterocycles. The molecule has 1 aliphatic heterocycles. The summed E-state index contributed by atoms with van der Waals surface area (Å²) in [7, 11) is 0. The predicted molar refractivity (Wildman–Crippen MR) is 68.8 cm³/mol. The maximum Gasteiger partial charge on any atom is 0.224 e. The molecule has 2 amide bonds. The molecule has 1 saturated heterocycles. The van der Waals surface area contributed by atoms with Crippen molar-refractivity contribution in [3.63, 3.8) is 0 Å². The minimum absolute atomic E-state index is 0.00940. The molecule has 0 spiro atoms. The summed E-state index contributed by atoms with van der Waals surface area (Å²) in [4.78, 5) is 24.9. The molecule has 0 bridgehead atoms. The zero-order chi connectivity index (χ0) is 13.2. The zero-order valence-electron chi connectivity index (χ0n) is 11.1. The lowest BCUT2D eigenvalue weighted by Gasteiger charge is -2.40. The molecule has 2 rings (SSSR count).